The molecule has 5 rings (SSSR count). The number of nitrogens with two attached hydrogens (primary N) is 1. The number of pyridine rings is 1. The average Bonchev–Trinajstić information content (AvgIpc) is 2.95. The number of hydrogen-bond donors (Lipinski definition) is 3. The van der Waals surface area contributed by atoms with E-state index in [0.717, 1.165) is 19.6 Å². The number of primary amides is 1. The van der Waals surface area contributed by atoms with E-state index in [9.17, 15) is 14.4 Å². The van der Waals surface area contributed by atoms with Crippen LogP contribution in [0.15, 0.2) is 52.2 Å². The van der Waals surface area contributed by atoms with E-state index in [2.05, 4.69) is 20.5 Å². The largest absolute Gasteiger partial charge is 0.496 e. The van der Waals surface area contributed by atoms with Gasteiger partial charge in [-0.15, -0.1) is 0 Å². The number of aromatic nitrogens is 1. The Kier molecular flexibility index (Phi) is 7.67. The van der Waals surface area contributed by atoms with Gasteiger partial charge in [0.2, 0.25) is 0 Å². The molecule has 3 aromatic carbocycles. The molecule has 0 spiro atoms. The van der Waals surface area contributed by atoms with Gasteiger partial charge < -0.3 is 30.7 Å². The third-order valence-electron chi connectivity index (χ3n) is 6.81. The number of benzene rings is 2. The molecule has 1 aliphatic rings. The summed E-state index contributed by atoms with van der Waals surface area (Å²) in [7, 11) is 1.45. The lowest BCUT2D eigenvalue weighted by atomic mass is 10.1. The van der Waals surface area contributed by atoms with Crippen LogP contribution in [0.3, 0.4) is 0 Å². The predicted octanol–water partition coefficient (Wildman–Crippen LogP) is 4.03. The smallest absolute Gasteiger partial charge is 0.253 e. The molecule has 11 heteroatoms. The Bertz CT molecular complexity index is 1610. The highest BCUT2D eigenvalue weighted by Gasteiger charge is 2.22. The first-order chi connectivity index (χ1) is 18.9. The summed E-state index contributed by atoms with van der Waals surface area (Å²) in [6.07, 6.45) is 5.20. The highest BCUT2D eigenvalue weighted by molar-refractivity contribution is 6.33. The number of hydrogen-bond acceptors (Lipinski definition) is 9. The molecule has 0 radical (unpaired) electrons. The summed E-state index contributed by atoms with van der Waals surface area (Å²) in [6.45, 7) is 3.49. The third-order valence-corrected chi connectivity index (χ3v) is 7.12. The third kappa shape index (κ3) is 5.52. The van der Waals surface area contributed by atoms with Gasteiger partial charge >= 0.3 is 0 Å². The van der Waals surface area contributed by atoms with Crippen molar-refractivity contribution in [3.63, 3.8) is 0 Å². The van der Waals surface area contributed by atoms with E-state index < -0.39 is 16.8 Å². The number of likely N-dealkylation sites (tertiary alicyclic amines) is 1. The summed E-state index contributed by atoms with van der Waals surface area (Å²) in [5.41, 5.74) is 6.06. The van der Waals surface area contributed by atoms with Crippen LogP contribution in [0.4, 0.5) is 17.1 Å². The van der Waals surface area contributed by atoms with Crippen LogP contribution >= 0.6 is 11.6 Å². The number of methoxy groups -OCH3 is 1. The van der Waals surface area contributed by atoms with Crippen molar-refractivity contribution < 1.29 is 14.3 Å². The van der Waals surface area contributed by atoms with E-state index in [1.807, 2.05) is 0 Å². The normalized spacial score (nSPS) is 13.9. The van der Waals surface area contributed by atoms with Crippen LogP contribution in [-0.4, -0.2) is 49.1 Å². The molecule has 4 N–H and O–H groups in total. The molecule has 0 bridgehead atoms. The van der Waals surface area contributed by atoms with Crippen LogP contribution in [0.2, 0.25) is 5.02 Å². The second kappa shape index (κ2) is 11.3. The zero-order valence-corrected chi connectivity index (χ0v) is 22.1. The maximum absolute atomic E-state index is 12.3. The van der Waals surface area contributed by atoms with Crippen LogP contribution in [0, 0.1) is 0 Å². The summed E-state index contributed by atoms with van der Waals surface area (Å²) < 4.78 is 11.3. The average molecular weight is 550 g/mol. The van der Waals surface area contributed by atoms with E-state index in [1.54, 1.807) is 42.6 Å². The molecular weight excluding hydrogens is 522 g/mol. The second-order valence-corrected chi connectivity index (χ2v) is 9.76. The number of piperidine rings is 1. The Hall–Kier alpha value is -4.15. The minimum Gasteiger partial charge on any atom is -0.496 e. The Morgan fingerprint density at radius 1 is 1.05 bits per heavy atom. The molecule has 0 atom stereocenters. The van der Waals surface area contributed by atoms with Crippen molar-refractivity contribution in [2.75, 3.05) is 43.9 Å². The van der Waals surface area contributed by atoms with Crippen LogP contribution in [0.5, 0.6) is 17.2 Å². The highest BCUT2D eigenvalue weighted by atomic mass is 35.5. The number of fused-ring (bicyclic) bond motifs is 1. The molecule has 39 heavy (non-hydrogen) atoms. The number of halogens is 1. The minimum absolute atomic E-state index is 0.197. The maximum Gasteiger partial charge on any atom is 0.253 e. The van der Waals surface area contributed by atoms with Crippen LogP contribution in [0.1, 0.15) is 29.6 Å². The SMILES string of the molecule is COc1cc2nccc(Oc3ccc(Nc4c(NCCN5CCCCC5)c(=O)c4=O)c(Cl)c3)c2cc1C(N)=O. The lowest BCUT2D eigenvalue weighted by molar-refractivity contribution is 0.0997. The lowest BCUT2D eigenvalue weighted by Crippen LogP contribution is -2.39. The van der Waals surface area contributed by atoms with Gasteiger partial charge in [0.15, 0.2) is 0 Å². The van der Waals surface area contributed by atoms with Crippen molar-refractivity contribution in [1.82, 2.24) is 9.88 Å². The zero-order valence-electron chi connectivity index (χ0n) is 21.4. The molecule has 0 aliphatic carbocycles. The molecule has 0 saturated carbocycles. The number of nitrogens with zero attached hydrogens (tertiary/aromatic N) is 2. The van der Waals surface area contributed by atoms with E-state index in [1.165, 1.54) is 26.4 Å². The molecule has 4 aromatic rings. The van der Waals surface area contributed by atoms with Gasteiger partial charge in [-0.3, -0.25) is 19.4 Å². The summed E-state index contributed by atoms with van der Waals surface area (Å²) >= 11 is 6.50. The monoisotopic (exact) mass is 549 g/mol. The second-order valence-electron chi connectivity index (χ2n) is 9.35. The van der Waals surface area contributed by atoms with E-state index in [-0.39, 0.29) is 22.0 Å². The van der Waals surface area contributed by atoms with Crippen molar-refractivity contribution in [1.29, 1.82) is 0 Å². The van der Waals surface area contributed by atoms with Gasteiger partial charge in [0.05, 0.1) is 28.9 Å². The molecular formula is C28H28ClN5O5. The Morgan fingerprint density at radius 2 is 1.82 bits per heavy atom. The fraction of sp³-hybridized carbons (Fsp3) is 0.286. The molecule has 1 saturated heterocycles. The molecule has 1 amide bonds. The van der Waals surface area contributed by atoms with Crippen molar-refractivity contribution in [3.05, 3.63) is 73.6 Å². The fourth-order valence-electron chi connectivity index (χ4n) is 4.72. The van der Waals surface area contributed by atoms with Gasteiger partial charge in [-0.25, -0.2) is 0 Å². The van der Waals surface area contributed by atoms with Gasteiger partial charge in [-0.1, -0.05) is 18.0 Å². The standard InChI is InChI=1S/C28H28ClN5O5/c1-38-23-15-21-17(14-18(23)28(30)37)22(7-8-31-21)39-16-5-6-20(19(29)13-16)33-25-24(26(35)27(25)36)32-9-12-34-10-3-2-4-11-34/h5-8,13-15,32-33H,2-4,9-12H2,1H3,(H2,30,37). The first kappa shape index (κ1) is 26.5. The number of anilines is 3. The Labute approximate surface area is 229 Å². The number of ether oxygens (including phenoxy) is 2. The fourth-order valence-corrected chi connectivity index (χ4v) is 4.94. The summed E-state index contributed by atoms with van der Waals surface area (Å²) in [4.78, 5) is 43.0. The Morgan fingerprint density at radius 3 is 2.54 bits per heavy atom. The minimum atomic E-state index is -0.638. The first-order valence-corrected chi connectivity index (χ1v) is 13.0. The van der Waals surface area contributed by atoms with Crippen molar-refractivity contribution in [2.45, 2.75) is 19.3 Å². The number of rotatable bonds is 10. The highest BCUT2D eigenvalue weighted by Crippen LogP contribution is 2.36. The van der Waals surface area contributed by atoms with Gasteiger partial charge in [0.25, 0.3) is 16.8 Å². The number of amides is 1. The Balaban J connectivity index is 1.31. The van der Waals surface area contributed by atoms with Crippen LogP contribution < -0.4 is 36.7 Å². The lowest BCUT2D eigenvalue weighted by Gasteiger charge is -2.26. The predicted molar refractivity (Wildman–Crippen MR) is 152 cm³/mol. The first-order valence-electron chi connectivity index (χ1n) is 12.7. The topological polar surface area (TPSA) is 136 Å². The molecule has 202 valence electrons. The van der Waals surface area contributed by atoms with Gasteiger partial charge in [-0.2, -0.15) is 0 Å². The number of carbonyl (C=O) groups is 1. The van der Waals surface area contributed by atoms with Crippen LogP contribution in [-0.2, 0) is 0 Å². The van der Waals surface area contributed by atoms with E-state index in [4.69, 9.17) is 26.8 Å². The summed E-state index contributed by atoms with van der Waals surface area (Å²) in [5.74, 6) is 0.529. The van der Waals surface area contributed by atoms with Gasteiger partial charge in [0.1, 0.15) is 28.6 Å². The zero-order chi connectivity index (χ0) is 27.5. The van der Waals surface area contributed by atoms with E-state index in [0.29, 0.717) is 40.4 Å². The molecule has 2 heterocycles. The molecule has 1 aromatic heterocycles. The summed E-state index contributed by atoms with van der Waals surface area (Å²) in [6, 6.07) is 9.77. The quantitative estimate of drug-likeness (QED) is 0.250. The van der Waals surface area contributed by atoms with Gasteiger partial charge in [0, 0.05) is 36.8 Å². The summed E-state index contributed by atoms with van der Waals surface area (Å²) in [5, 5.41) is 6.95. The van der Waals surface area contributed by atoms with Crippen molar-refractivity contribution in [3.8, 4) is 17.2 Å². The van der Waals surface area contributed by atoms with Crippen LogP contribution in [0.25, 0.3) is 10.9 Å². The van der Waals surface area contributed by atoms with Crippen molar-refractivity contribution >= 4 is 45.5 Å². The molecule has 10 nitrogen and oxygen atoms in total. The van der Waals surface area contributed by atoms with Gasteiger partial charge in [-0.05, 0) is 50.2 Å². The number of carbonyl (C=O) groups excluding carboxylic acids is 1. The molecule has 0 unspecified atom stereocenters. The molecule has 1 fully saturated rings. The maximum atomic E-state index is 12.3. The van der Waals surface area contributed by atoms with E-state index >= 15 is 0 Å². The van der Waals surface area contributed by atoms with Crippen molar-refractivity contribution in [2.24, 2.45) is 5.73 Å². The molecule has 1 aliphatic heterocycles. The number of nitrogens with one attached hydrogen (secondary N) is 2.